The van der Waals surface area contributed by atoms with Gasteiger partial charge in [-0.1, -0.05) is 28.1 Å². The van der Waals surface area contributed by atoms with Gasteiger partial charge in [-0.05, 0) is 24.6 Å². The normalized spacial score (nSPS) is 12.4. The van der Waals surface area contributed by atoms with Crippen molar-refractivity contribution in [3.63, 3.8) is 0 Å². The molecule has 1 atom stereocenters. The number of halogens is 3. The molecule has 3 N–H and O–H groups in total. The molecule has 0 saturated heterocycles. The van der Waals surface area contributed by atoms with Crippen LogP contribution in [0, 0.1) is 0 Å². The lowest BCUT2D eigenvalue weighted by molar-refractivity contribution is -0.126. The number of rotatable bonds is 5. The second-order valence-corrected chi connectivity index (χ2v) is 6.81. The molecule has 25 heavy (non-hydrogen) atoms. The molecule has 1 unspecified atom stereocenters. The van der Waals surface area contributed by atoms with Crippen LogP contribution < -0.4 is 16.0 Å². The van der Waals surface area contributed by atoms with Crippen molar-refractivity contribution >= 4 is 52.6 Å². The first-order valence-corrected chi connectivity index (χ1v) is 8.04. The number of carbonyl (C=O) groups is 1. The topological polar surface area (TPSA) is 76.2 Å². The Morgan fingerprint density at radius 1 is 1.32 bits per heavy atom. The molecule has 0 bridgehead atoms. The number of aromatic nitrogens is 2. The molecule has 1 heterocycles. The van der Waals surface area contributed by atoms with E-state index in [0.717, 1.165) is 21.7 Å². The van der Waals surface area contributed by atoms with Crippen LogP contribution >= 0.6 is 40.7 Å². The fourth-order valence-electron chi connectivity index (χ4n) is 2.30. The Kier molecular flexibility index (Phi) is 8.94. The first-order chi connectivity index (χ1) is 10.7. The van der Waals surface area contributed by atoms with Crippen LogP contribution in [0.2, 0.25) is 0 Å². The molecule has 0 spiro atoms. The number of amides is 1. The van der Waals surface area contributed by atoms with Gasteiger partial charge in [-0.3, -0.25) is 4.79 Å². The number of nitrogens with two attached hydrogens (primary N) is 1. The van der Waals surface area contributed by atoms with E-state index in [4.69, 9.17) is 5.73 Å². The first kappa shape index (κ1) is 23.7. The minimum Gasteiger partial charge on any atom is -0.349 e. The van der Waals surface area contributed by atoms with E-state index >= 15 is 0 Å². The van der Waals surface area contributed by atoms with Crippen LogP contribution in [0.15, 0.2) is 34.9 Å². The standard InChI is InChI=1S/C16H22BrN5O.2ClH/c1-16(18,11-5-7-12(17)8-6-11)14(23)19-9-13-10-20-15(21(2)3)22(13)4;;/h5-8,10H,9,18H2,1-4H3,(H,19,23);2*1H. The monoisotopic (exact) mass is 451 g/mol. The SMILES string of the molecule is CN(C)c1ncc(CNC(=O)C(C)(N)c2ccc(Br)cc2)n1C.Cl.Cl. The molecular weight excluding hydrogens is 429 g/mol. The number of nitrogens with zero attached hydrogens (tertiary/aromatic N) is 3. The summed E-state index contributed by atoms with van der Waals surface area (Å²) in [6, 6.07) is 7.44. The van der Waals surface area contributed by atoms with Gasteiger partial charge in [0.1, 0.15) is 5.54 Å². The van der Waals surface area contributed by atoms with Crippen molar-refractivity contribution in [1.29, 1.82) is 0 Å². The van der Waals surface area contributed by atoms with Crippen LogP contribution in [0.3, 0.4) is 0 Å². The molecule has 0 aliphatic rings. The number of nitrogens with one attached hydrogen (secondary N) is 1. The summed E-state index contributed by atoms with van der Waals surface area (Å²) in [5.74, 6) is 0.602. The maximum Gasteiger partial charge on any atom is 0.244 e. The summed E-state index contributed by atoms with van der Waals surface area (Å²) in [7, 11) is 5.77. The van der Waals surface area contributed by atoms with Crippen LogP contribution in [0.5, 0.6) is 0 Å². The zero-order valence-corrected chi connectivity index (χ0v) is 17.8. The zero-order chi connectivity index (χ0) is 17.2. The zero-order valence-electron chi connectivity index (χ0n) is 14.6. The summed E-state index contributed by atoms with van der Waals surface area (Å²) in [6.07, 6.45) is 1.75. The van der Waals surface area contributed by atoms with Gasteiger partial charge in [-0.25, -0.2) is 4.98 Å². The maximum atomic E-state index is 12.5. The number of imidazole rings is 1. The summed E-state index contributed by atoms with van der Waals surface area (Å²) in [6.45, 7) is 2.08. The van der Waals surface area contributed by atoms with Crippen molar-refractivity contribution in [2.45, 2.75) is 19.0 Å². The Bertz CT molecular complexity index is 701. The first-order valence-electron chi connectivity index (χ1n) is 7.24. The highest BCUT2D eigenvalue weighted by molar-refractivity contribution is 9.10. The largest absolute Gasteiger partial charge is 0.349 e. The summed E-state index contributed by atoms with van der Waals surface area (Å²) in [5, 5.41) is 2.89. The average Bonchev–Trinajstić information content (AvgIpc) is 2.86. The van der Waals surface area contributed by atoms with Crippen LogP contribution in [0.4, 0.5) is 5.95 Å². The van der Waals surface area contributed by atoms with Gasteiger partial charge in [-0.15, -0.1) is 24.8 Å². The van der Waals surface area contributed by atoms with Crippen LogP contribution in [-0.4, -0.2) is 29.6 Å². The van der Waals surface area contributed by atoms with E-state index in [1.54, 1.807) is 13.1 Å². The van der Waals surface area contributed by atoms with Crippen molar-refractivity contribution < 1.29 is 4.79 Å². The molecule has 0 fully saturated rings. The third kappa shape index (κ3) is 5.34. The second-order valence-electron chi connectivity index (χ2n) is 5.89. The van der Waals surface area contributed by atoms with E-state index in [-0.39, 0.29) is 30.7 Å². The smallest absolute Gasteiger partial charge is 0.244 e. The van der Waals surface area contributed by atoms with Gasteiger partial charge >= 0.3 is 0 Å². The molecule has 0 aliphatic heterocycles. The van der Waals surface area contributed by atoms with Crippen LogP contribution in [-0.2, 0) is 23.9 Å². The van der Waals surface area contributed by atoms with Crippen molar-refractivity contribution in [2.24, 2.45) is 12.8 Å². The Balaban J connectivity index is 0.00000288. The Labute approximate surface area is 169 Å². The Morgan fingerprint density at radius 3 is 2.36 bits per heavy atom. The average molecular weight is 453 g/mol. The van der Waals surface area contributed by atoms with Crippen molar-refractivity contribution in [3.8, 4) is 0 Å². The fraction of sp³-hybridized carbons (Fsp3) is 0.375. The van der Waals surface area contributed by atoms with E-state index < -0.39 is 5.54 Å². The molecule has 2 rings (SSSR count). The molecule has 2 aromatic rings. The number of hydrogen-bond acceptors (Lipinski definition) is 4. The predicted octanol–water partition coefficient (Wildman–Crippen LogP) is 2.58. The molecule has 0 saturated carbocycles. The highest BCUT2D eigenvalue weighted by atomic mass is 79.9. The number of benzene rings is 1. The van der Waals surface area contributed by atoms with Gasteiger partial charge < -0.3 is 20.5 Å². The lowest BCUT2D eigenvalue weighted by atomic mass is 9.92. The lowest BCUT2D eigenvalue weighted by Crippen LogP contribution is -2.48. The van der Waals surface area contributed by atoms with Gasteiger partial charge in [-0.2, -0.15) is 0 Å². The fourth-order valence-corrected chi connectivity index (χ4v) is 2.56. The minimum atomic E-state index is -1.09. The van der Waals surface area contributed by atoms with Crippen molar-refractivity contribution in [2.75, 3.05) is 19.0 Å². The molecule has 0 aliphatic carbocycles. The van der Waals surface area contributed by atoms with Crippen LogP contribution in [0.1, 0.15) is 18.2 Å². The van der Waals surface area contributed by atoms with Gasteiger partial charge in [0.15, 0.2) is 0 Å². The van der Waals surface area contributed by atoms with Crippen molar-refractivity contribution in [1.82, 2.24) is 14.9 Å². The molecule has 6 nitrogen and oxygen atoms in total. The summed E-state index contributed by atoms with van der Waals surface area (Å²) >= 11 is 3.38. The van der Waals surface area contributed by atoms with E-state index in [1.165, 1.54) is 0 Å². The maximum absolute atomic E-state index is 12.5. The van der Waals surface area contributed by atoms with E-state index in [0.29, 0.717) is 6.54 Å². The van der Waals surface area contributed by atoms with E-state index in [2.05, 4.69) is 26.2 Å². The Morgan fingerprint density at radius 2 is 1.88 bits per heavy atom. The third-order valence-electron chi connectivity index (χ3n) is 3.81. The second kappa shape index (κ2) is 9.43. The minimum absolute atomic E-state index is 0. The molecule has 0 radical (unpaired) electrons. The van der Waals surface area contributed by atoms with E-state index in [1.807, 2.05) is 54.9 Å². The Hall–Kier alpha value is -1.28. The van der Waals surface area contributed by atoms with Crippen molar-refractivity contribution in [3.05, 3.63) is 46.2 Å². The molecule has 140 valence electrons. The van der Waals surface area contributed by atoms with Gasteiger partial charge in [0.05, 0.1) is 18.4 Å². The van der Waals surface area contributed by atoms with Gasteiger partial charge in [0.25, 0.3) is 0 Å². The lowest BCUT2D eigenvalue weighted by Gasteiger charge is -2.24. The number of hydrogen-bond donors (Lipinski definition) is 2. The molecule has 9 heteroatoms. The molecule has 1 amide bonds. The number of anilines is 1. The summed E-state index contributed by atoms with van der Waals surface area (Å²) in [5.41, 5.74) is 6.81. The van der Waals surface area contributed by atoms with E-state index in [9.17, 15) is 4.79 Å². The summed E-state index contributed by atoms with van der Waals surface area (Å²) in [4.78, 5) is 18.7. The third-order valence-corrected chi connectivity index (χ3v) is 4.33. The van der Waals surface area contributed by atoms with Gasteiger partial charge in [0, 0.05) is 25.6 Å². The molecule has 1 aromatic carbocycles. The van der Waals surface area contributed by atoms with Gasteiger partial charge in [0.2, 0.25) is 11.9 Å². The molecule has 1 aromatic heterocycles. The summed E-state index contributed by atoms with van der Waals surface area (Å²) < 4.78 is 2.89. The molecular formula is C16H24BrCl2N5O. The predicted molar refractivity (Wildman–Crippen MR) is 110 cm³/mol. The highest BCUT2D eigenvalue weighted by Gasteiger charge is 2.30. The highest BCUT2D eigenvalue weighted by Crippen LogP contribution is 2.21. The number of carbonyl (C=O) groups excluding carboxylic acids is 1. The van der Waals surface area contributed by atoms with Crippen LogP contribution in [0.25, 0.3) is 0 Å². The quantitative estimate of drug-likeness (QED) is 0.730.